The molecule has 7 nitrogen and oxygen atoms in total. The molecular weight excluding hydrogens is 384 g/mol. The predicted octanol–water partition coefficient (Wildman–Crippen LogP) is 3.49. The van der Waals surface area contributed by atoms with E-state index in [2.05, 4.69) is 10.4 Å². The van der Waals surface area contributed by atoms with Gasteiger partial charge >= 0.3 is 0 Å². The van der Waals surface area contributed by atoms with Crippen LogP contribution in [0.1, 0.15) is 15.9 Å². The van der Waals surface area contributed by atoms with Crippen molar-refractivity contribution in [2.45, 2.75) is 6.54 Å². The molecule has 3 aromatic rings. The van der Waals surface area contributed by atoms with E-state index in [0.29, 0.717) is 29.1 Å². The number of rotatable bonds is 7. The van der Waals surface area contributed by atoms with Crippen LogP contribution in [0.25, 0.3) is 0 Å². The second-order valence-electron chi connectivity index (χ2n) is 5.98. The first-order valence-corrected chi connectivity index (χ1v) is 8.54. The molecule has 0 unspecified atom stereocenters. The van der Waals surface area contributed by atoms with Gasteiger partial charge < -0.3 is 19.5 Å². The summed E-state index contributed by atoms with van der Waals surface area (Å²) in [5.74, 6) is -0.582. The number of anilines is 1. The van der Waals surface area contributed by atoms with Gasteiger partial charge in [-0.25, -0.2) is 13.5 Å². The monoisotopic (exact) mass is 403 g/mol. The summed E-state index contributed by atoms with van der Waals surface area (Å²) in [4.78, 5) is 12.4. The lowest BCUT2D eigenvalue weighted by molar-refractivity contribution is 0.102. The van der Waals surface area contributed by atoms with Crippen molar-refractivity contribution in [2.24, 2.45) is 0 Å². The third-order valence-electron chi connectivity index (χ3n) is 4.19. The normalized spacial score (nSPS) is 10.5. The van der Waals surface area contributed by atoms with Gasteiger partial charge in [0.15, 0.2) is 11.5 Å². The van der Waals surface area contributed by atoms with Crippen molar-refractivity contribution in [1.29, 1.82) is 0 Å². The van der Waals surface area contributed by atoms with Crippen molar-refractivity contribution in [1.82, 2.24) is 9.78 Å². The number of nitrogens with zero attached hydrogens (tertiary/aromatic N) is 2. The zero-order valence-electron chi connectivity index (χ0n) is 16.0. The average Bonchev–Trinajstić information content (AvgIpc) is 3.13. The Morgan fingerprint density at radius 3 is 2.31 bits per heavy atom. The van der Waals surface area contributed by atoms with E-state index in [-0.39, 0.29) is 12.1 Å². The number of amides is 1. The third kappa shape index (κ3) is 4.29. The zero-order valence-corrected chi connectivity index (χ0v) is 16.0. The van der Waals surface area contributed by atoms with Gasteiger partial charge in [0, 0.05) is 23.3 Å². The molecule has 2 aromatic carbocycles. The Balaban J connectivity index is 1.87. The SMILES string of the molecule is COc1ccc(Cn2nccc2NC(=O)c2cc(F)cc(F)c2)c(OC)c1OC. The van der Waals surface area contributed by atoms with Crippen molar-refractivity contribution < 1.29 is 27.8 Å². The minimum Gasteiger partial charge on any atom is -0.493 e. The van der Waals surface area contributed by atoms with Crippen LogP contribution in [-0.4, -0.2) is 37.0 Å². The third-order valence-corrected chi connectivity index (χ3v) is 4.19. The van der Waals surface area contributed by atoms with Gasteiger partial charge in [0.25, 0.3) is 5.91 Å². The molecule has 0 radical (unpaired) electrons. The number of carbonyl (C=O) groups excluding carboxylic acids is 1. The van der Waals surface area contributed by atoms with Crippen molar-refractivity contribution >= 4 is 11.7 Å². The maximum Gasteiger partial charge on any atom is 0.257 e. The van der Waals surface area contributed by atoms with Gasteiger partial charge in [-0.15, -0.1) is 0 Å². The standard InChI is InChI=1S/C20H19F2N3O4/c1-27-16-5-4-12(18(28-2)19(16)29-3)11-25-17(6-7-23-25)24-20(26)13-8-14(21)10-15(22)9-13/h4-10H,11H2,1-3H3,(H,24,26). The average molecular weight is 403 g/mol. The van der Waals surface area contributed by atoms with E-state index in [1.165, 1.54) is 32.2 Å². The van der Waals surface area contributed by atoms with Crippen LogP contribution in [-0.2, 0) is 6.54 Å². The lowest BCUT2D eigenvalue weighted by atomic mass is 10.1. The molecule has 1 heterocycles. The van der Waals surface area contributed by atoms with Gasteiger partial charge in [-0.3, -0.25) is 4.79 Å². The molecule has 1 amide bonds. The first-order chi connectivity index (χ1) is 14.0. The summed E-state index contributed by atoms with van der Waals surface area (Å²) in [6, 6.07) is 7.70. The van der Waals surface area contributed by atoms with Crippen molar-refractivity contribution in [3.05, 3.63) is 65.4 Å². The molecule has 0 atom stereocenters. The van der Waals surface area contributed by atoms with Gasteiger partial charge in [0.1, 0.15) is 17.5 Å². The molecular formula is C20H19F2N3O4. The Labute approximate surface area is 165 Å². The van der Waals surface area contributed by atoms with E-state index in [1.54, 1.807) is 18.2 Å². The second kappa shape index (κ2) is 8.59. The molecule has 0 saturated heterocycles. The topological polar surface area (TPSA) is 74.6 Å². The van der Waals surface area contributed by atoms with Crippen molar-refractivity contribution in [3.63, 3.8) is 0 Å². The maximum atomic E-state index is 13.4. The van der Waals surface area contributed by atoms with Crippen molar-refractivity contribution in [3.8, 4) is 17.2 Å². The Hall–Kier alpha value is -3.62. The number of hydrogen-bond donors (Lipinski definition) is 1. The highest BCUT2D eigenvalue weighted by Crippen LogP contribution is 2.40. The minimum absolute atomic E-state index is 0.140. The molecule has 0 bridgehead atoms. The van der Waals surface area contributed by atoms with Gasteiger partial charge in [0.2, 0.25) is 5.75 Å². The number of carbonyl (C=O) groups is 1. The minimum atomic E-state index is -0.835. The Kier molecular flexibility index (Phi) is 5.96. The molecule has 1 N–H and O–H groups in total. The first kappa shape index (κ1) is 20.1. The van der Waals surface area contributed by atoms with Gasteiger partial charge in [-0.1, -0.05) is 0 Å². The summed E-state index contributed by atoms with van der Waals surface area (Å²) < 4.78 is 44.4. The number of aromatic nitrogens is 2. The Morgan fingerprint density at radius 1 is 1.00 bits per heavy atom. The van der Waals surface area contributed by atoms with Crippen LogP contribution in [0, 0.1) is 11.6 Å². The highest BCUT2D eigenvalue weighted by Gasteiger charge is 2.18. The summed E-state index contributed by atoms with van der Waals surface area (Å²) >= 11 is 0. The maximum absolute atomic E-state index is 13.4. The van der Waals surface area contributed by atoms with Gasteiger partial charge in [-0.05, 0) is 24.3 Å². The van der Waals surface area contributed by atoms with Crippen LogP contribution in [0.15, 0.2) is 42.6 Å². The van der Waals surface area contributed by atoms with E-state index >= 15 is 0 Å². The molecule has 0 spiro atoms. The molecule has 0 aliphatic carbocycles. The van der Waals surface area contributed by atoms with Crippen LogP contribution < -0.4 is 19.5 Å². The largest absolute Gasteiger partial charge is 0.493 e. The molecule has 0 aliphatic heterocycles. The van der Waals surface area contributed by atoms with Crippen LogP contribution in [0.2, 0.25) is 0 Å². The molecule has 9 heteroatoms. The fourth-order valence-electron chi connectivity index (χ4n) is 2.89. The zero-order chi connectivity index (χ0) is 21.0. The highest BCUT2D eigenvalue weighted by atomic mass is 19.1. The lowest BCUT2D eigenvalue weighted by Gasteiger charge is -2.16. The molecule has 152 valence electrons. The Morgan fingerprint density at radius 2 is 1.69 bits per heavy atom. The molecule has 1 aromatic heterocycles. The number of benzene rings is 2. The second-order valence-corrected chi connectivity index (χ2v) is 5.98. The van der Waals surface area contributed by atoms with Crippen LogP contribution in [0.4, 0.5) is 14.6 Å². The van der Waals surface area contributed by atoms with Crippen LogP contribution in [0.3, 0.4) is 0 Å². The fourth-order valence-corrected chi connectivity index (χ4v) is 2.89. The summed E-state index contributed by atoms with van der Waals surface area (Å²) in [6.45, 7) is 0.240. The first-order valence-electron chi connectivity index (χ1n) is 8.54. The van der Waals surface area contributed by atoms with E-state index in [4.69, 9.17) is 14.2 Å². The molecule has 29 heavy (non-hydrogen) atoms. The smallest absolute Gasteiger partial charge is 0.257 e. The van der Waals surface area contributed by atoms with Gasteiger partial charge in [0.05, 0.1) is 34.1 Å². The van der Waals surface area contributed by atoms with E-state index in [9.17, 15) is 13.6 Å². The molecule has 0 saturated carbocycles. The van der Waals surface area contributed by atoms with Crippen LogP contribution in [0.5, 0.6) is 17.2 Å². The summed E-state index contributed by atoms with van der Waals surface area (Å²) in [5.41, 5.74) is 0.583. The summed E-state index contributed by atoms with van der Waals surface area (Å²) in [6.07, 6.45) is 1.50. The highest BCUT2D eigenvalue weighted by molar-refractivity contribution is 6.03. The molecule has 3 rings (SSSR count). The lowest BCUT2D eigenvalue weighted by Crippen LogP contribution is -2.17. The molecule has 0 fully saturated rings. The predicted molar refractivity (Wildman–Crippen MR) is 102 cm³/mol. The van der Waals surface area contributed by atoms with E-state index in [1.807, 2.05) is 0 Å². The fraction of sp³-hybridized carbons (Fsp3) is 0.200. The number of halogens is 2. The Bertz CT molecular complexity index is 1020. The van der Waals surface area contributed by atoms with Gasteiger partial charge in [-0.2, -0.15) is 5.10 Å². The number of hydrogen-bond acceptors (Lipinski definition) is 5. The summed E-state index contributed by atoms with van der Waals surface area (Å²) in [5, 5.41) is 6.79. The van der Waals surface area contributed by atoms with Crippen LogP contribution >= 0.6 is 0 Å². The van der Waals surface area contributed by atoms with E-state index < -0.39 is 17.5 Å². The molecule has 0 aliphatic rings. The number of methoxy groups -OCH3 is 3. The quantitative estimate of drug-likeness (QED) is 0.654. The van der Waals surface area contributed by atoms with Crippen molar-refractivity contribution in [2.75, 3.05) is 26.6 Å². The number of nitrogens with one attached hydrogen (secondary N) is 1. The van der Waals surface area contributed by atoms with E-state index in [0.717, 1.165) is 17.7 Å². The number of ether oxygens (including phenoxy) is 3. The summed E-state index contributed by atoms with van der Waals surface area (Å²) in [7, 11) is 4.53.